The van der Waals surface area contributed by atoms with E-state index in [1.807, 2.05) is 121 Å². The second kappa shape index (κ2) is 8.59. The standard InChI is InChI=1S/C32H22N4/c33-21-30(25-15-7-2-8-16-25)28(24-13-5-1-6-14-24)29(36)31(22-34,26-17-9-3-10-18-26)32(30,23-35)27-19-11-4-12-20-27/h1-20H,36H2. The number of nitrogens with two attached hydrogens (primary N) is 1. The summed E-state index contributed by atoms with van der Waals surface area (Å²) < 4.78 is 0. The summed E-state index contributed by atoms with van der Waals surface area (Å²) >= 11 is 0. The van der Waals surface area contributed by atoms with E-state index in [1.54, 1.807) is 0 Å². The van der Waals surface area contributed by atoms with E-state index in [2.05, 4.69) is 18.2 Å². The van der Waals surface area contributed by atoms with Gasteiger partial charge in [0.25, 0.3) is 0 Å². The summed E-state index contributed by atoms with van der Waals surface area (Å²) in [6.07, 6.45) is 0. The summed E-state index contributed by atoms with van der Waals surface area (Å²) in [5.41, 5.74) is 5.22. The Bertz CT molecular complexity index is 1560. The second-order valence-electron chi connectivity index (χ2n) is 8.84. The number of nitriles is 3. The molecule has 0 radical (unpaired) electrons. The molecule has 170 valence electrons. The predicted octanol–water partition coefficient (Wildman–Crippen LogP) is 5.75. The highest BCUT2D eigenvalue weighted by molar-refractivity contribution is 5.92. The van der Waals surface area contributed by atoms with Gasteiger partial charge in [0.05, 0.1) is 18.2 Å². The van der Waals surface area contributed by atoms with Crippen molar-refractivity contribution in [1.82, 2.24) is 0 Å². The fourth-order valence-corrected chi connectivity index (χ4v) is 5.91. The van der Waals surface area contributed by atoms with Crippen molar-refractivity contribution in [1.29, 1.82) is 15.8 Å². The summed E-state index contributed by atoms with van der Waals surface area (Å²) in [6, 6.07) is 44.5. The Morgan fingerprint density at radius 3 is 1.28 bits per heavy atom. The summed E-state index contributed by atoms with van der Waals surface area (Å²) in [5.74, 6) is 0. The van der Waals surface area contributed by atoms with Gasteiger partial charge in [0.15, 0.2) is 0 Å². The van der Waals surface area contributed by atoms with Crippen molar-refractivity contribution in [2.75, 3.05) is 0 Å². The Labute approximate surface area is 210 Å². The molecular formula is C32H22N4. The first-order chi connectivity index (χ1) is 17.6. The summed E-state index contributed by atoms with van der Waals surface area (Å²) in [6.45, 7) is 0. The van der Waals surface area contributed by atoms with Crippen molar-refractivity contribution in [3.8, 4) is 18.2 Å². The molecule has 4 aromatic carbocycles. The van der Waals surface area contributed by atoms with E-state index in [4.69, 9.17) is 5.73 Å². The molecule has 0 saturated heterocycles. The number of allylic oxidation sites excluding steroid dienone is 2. The van der Waals surface area contributed by atoms with Gasteiger partial charge in [-0.05, 0) is 22.3 Å². The Hall–Kier alpha value is -5.11. The highest BCUT2D eigenvalue weighted by Gasteiger charge is 2.75. The predicted molar refractivity (Wildman–Crippen MR) is 139 cm³/mol. The minimum Gasteiger partial charge on any atom is -0.400 e. The van der Waals surface area contributed by atoms with Gasteiger partial charge in [0.2, 0.25) is 0 Å². The Balaban J connectivity index is 2.09. The van der Waals surface area contributed by atoms with Gasteiger partial charge >= 0.3 is 0 Å². The molecule has 3 unspecified atom stereocenters. The van der Waals surface area contributed by atoms with Gasteiger partial charge in [0.1, 0.15) is 16.2 Å². The monoisotopic (exact) mass is 462 g/mol. The lowest BCUT2D eigenvalue weighted by atomic mass is 9.48. The van der Waals surface area contributed by atoms with Gasteiger partial charge in [-0.25, -0.2) is 0 Å². The highest BCUT2D eigenvalue weighted by Crippen LogP contribution is 2.68. The first kappa shape index (κ1) is 22.7. The first-order valence-corrected chi connectivity index (χ1v) is 11.6. The summed E-state index contributed by atoms with van der Waals surface area (Å²) in [4.78, 5) is 0. The topological polar surface area (TPSA) is 97.4 Å². The summed E-state index contributed by atoms with van der Waals surface area (Å²) in [7, 11) is 0. The van der Waals surface area contributed by atoms with Crippen LogP contribution in [0.25, 0.3) is 5.57 Å². The lowest BCUT2D eigenvalue weighted by Gasteiger charge is -2.45. The molecule has 5 rings (SSSR count). The van der Waals surface area contributed by atoms with Crippen molar-refractivity contribution in [2.24, 2.45) is 5.73 Å². The fourth-order valence-electron chi connectivity index (χ4n) is 5.91. The minimum absolute atomic E-state index is 0.207. The molecule has 0 saturated carbocycles. The molecular weight excluding hydrogens is 440 g/mol. The van der Waals surface area contributed by atoms with Crippen LogP contribution in [-0.2, 0) is 16.2 Å². The zero-order valence-electron chi connectivity index (χ0n) is 19.5. The van der Waals surface area contributed by atoms with E-state index in [0.717, 1.165) is 0 Å². The van der Waals surface area contributed by atoms with Gasteiger partial charge in [-0.3, -0.25) is 0 Å². The average molecular weight is 463 g/mol. The summed E-state index contributed by atoms with van der Waals surface area (Å²) in [5, 5.41) is 33.6. The zero-order chi connectivity index (χ0) is 25.2. The third-order valence-electron chi connectivity index (χ3n) is 7.36. The lowest BCUT2D eigenvalue weighted by Crippen LogP contribution is -2.57. The maximum Gasteiger partial charge on any atom is 0.147 e. The van der Waals surface area contributed by atoms with Gasteiger partial charge in [-0.15, -0.1) is 0 Å². The van der Waals surface area contributed by atoms with E-state index in [9.17, 15) is 15.8 Å². The molecule has 4 nitrogen and oxygen atoms in total. The molecule has 4 aromatic rings. The third-order valence-corrected chi connectivity index (χ3v) is 7.36. The van der Waals surface area contributed by atoms with Gasteiger partial charge in [-0.1, -0.05) is 121 Å². The van der Waals surface area contributed by atoms with Crippen LogP contribution in [0.5, 0.6) is 0 Å². The first-order valence-electron chi connectivity index (χ1n) is 11.6. The molecule has 36 heavy (non-hydrogen) atoms. The smallest absolute Gasteiger partial charge is 0.147 e. The molecule has 2 N–H and O–H groups in total. The number of benzene rings is 4. The SMILES string of the molecule is N#CC1(c2ccccc2)C(N)=C(c2ccccc2)C(C#N)(c2ccccc2)C1(C#N)c1ccccc1. The number of nitrogens with zero attached hydrogens (tertiary/aromatic N) is 3. The van der Waals surface area contributed by atoms with Crippen molar-refractivity contribution >= 4 is 5.57 Å². The van der Waals surface area contributed by atoms with Crippen molar-refractivity contribution in [2.45, 2.75) is 16.2 Å². The van der Waals surface area contributed by atoms with Crippen molar-refractivity contribution in [3.63, 3.8) is 0 Å². The Morgan fingerprint density at radius 2 is 0.861 bits per heavy atom. The number of rotatable bonds is 4. The minimum atomic E-state index is -1.71. The van der Waals surface area contributed by atoms with Crippen LogP contribution >= 0.6 is 0 Å². The van der Waals surface area contributed by atoms with Crippen LogP contribution in [0.2, 0.25) is 0 Å². The van der Waals surface area contributed by atoms with Crippen molar-refractivity contribution < 1.29 is 0 Å². The van der Waals surface area contributed by atoms with Crippen LogP contribution < -0.4 is 5.73 Å². The molecule has 4 heteroatoms. The van der Waals surface area contributed by atoms with Crippen LogP contribution in [0.4, 0.5) is 0 Å². The number of hydrogen-bond acceptors (Lipinski definition) is 4. The van der Waals surface area contributed by atoms with Crippen LogP contribution in [0, 0.1) is 34.0 Å². The Kier molecular flexibility index (Phi) is 5.41. The maximum absolute atomic E-state index is 11.3. The molecule has 1 aliphatic carbocycles. The zero-order valence-corrected chi connectivity index (χ0v) is 19.5. The van der Waals surface area contributed by atoms with E-state index in [1.165, 1.54) is 0 Å². The second-order valence-corrected chi connectivity index (χ2v) is 8.84. The fraction of sp³-hybridized carbons (Fsp3) is 0.0938. The molecule has 3 atom stereocenters. The highest BCUT2D eigenvalue weighted by atomic mass is 14.8. The van der Waals surface area contributed by atoms with E-state index in [-0.39, 0.29) is 5.70 Å². The van der Waals surface area contributed by atoms with E-state index in [0.29, 0.717) is 27.8 Å². The lowest BCUT2D eigenvalue weighted by molar-refractivity contribution is 0.346. The van der Waals surface area contributed by atoms with Crippen molar-refractivity contribution in [3.05, 3.63) is 149 Å². The normalized spacial score (nSPS) is 24.9. The molecule has 0 amide bonds. The molecule has 0 spiro atoms. The van der Waals surface area contributed by atoms with E-state index >= 15 is 0 Å². The molecule has 0 heterocycles. The maximum atomic E-state index is 11.3. The third kappa shape index (κ3) is 2.66. The molecule has 0 bridgehead atoms. The van der Waals surface area contributed by atoms with Gasteiger partial charge in [0, 0.05) is 11.3 Å². The molecule has 1 aliphatic rings. The largest absolute Gasteiger partial charge is 0.400 e. The number of hydrogen-bond donors (Lipinski definition) is 1. The Morgan fingerprint density at radius 1 is 0.472 bits per heavy atom. The average Bonchev–Trinajstić information content (AvgIpc) is 3.17. The van der Waals surface area contributed by atoms with Crippen LogP contribution in [-0.4, -0.2) is 0 Å². The van der Waals surface area contributed by atoms with Crippen LogP contribution in [0.1, 0.15) is 22.3 Å². The van der Waals surface area contributed by atoms with Crippen LogP contribution in [0.3, 0.4) is 0 Å². The van der Waals surface area contributed by atoms with E-state index < -0.39 is 16.2 Å². The molecule has 0 aliphatic heterocycles. The van der Waals surface area contributed by atoms with Gasteiger partial charge in [-0.2, -0.15) is 15.8 Å². The molecule has 0 aromatic heterocycles. The van der Waals surface area contributed by atoms with Gasteiger partial charge < -0.3 is 5.73 Å². The molecule has 0 fully saturated rings. The van der Waals surface area contributed by atoms with Crippen LogP contribution in [0.15, 0.2) is 127 Å². The quantitative estimate of drug-likeness (QED) is 0.417.